The number of anilines is 1. The lowest BCUT2D eigenvalue weighted by Crippen LogP contribution is -2.28. The molecule has 0 spiro atoms. The largest absolute Gasteiger partial charge is 0.482 e. The van der Waals surface area contributed by atoms with Gasteiger partial charge in [-0.25, -0.2) is 4.39 Å². The number of nitrogens with zero attached hydrogens (tertiary/aromatic N) is 1. The minimum Gasteiger partial charge on any atom is -0.482 e. The molecular weight excluding hydrogens is 550 g/mol. The second-order valence-electron chi connectivity index (χ2n) is 7.47. The van der Waals surface area contributed by atoms with Crippen molar-refractivity contribution in [3.63, 3.8) is 0 Å². The number of halogens is 4. The van der Waals surface area contributed by atoms with Crippen molar-refractivity contribution in [1.82, 2.24) is 4.90 Å². The molecule has 11 heteroatoms. The number of carbonyl (C=O) groups is 3. The van der Waals surface area contributed by atoms with Crippen molar-refractivity contribution in [3.8, 4) is 5.75 Å². The van der Waals surface area contributed by atoms with E-state index < -0.39 is 22.9 Å². The van der Waals surface area contributed by atoms with Gasteiger partial charge in [0.05, 0.1) is 27.2 Å². The van der Waals surface area contributed by atoms with Gasteiger partial charge in [0.15, 0.2) is 6.61 Å². The first-order valence-electron chi connectivity index (χ1n) is 10.4. The van der Waals surface area contributed by atoms with Crippen molar-refractivity contribution in [2.24, 2.45) is 0 Å². The summed E-state index contributed by atoms with van der Waals surface area (Å²) in [6.07, 6.45) is 1.49. The van der Waals surface area contributed by atoms with Gasteiger partial charge in [-0.15, -0.1) is 0 Å². The summed E-state index contributed by atoms with van der Waals surface area (Å²) >= 11 is 19.1. The summed E-state index contributed by atoms with van der Waals surface area (Å²) in [7, 11) is 0. The fraction of sp³-hybridized carbons (Fsp3) is 0.0800. The van der Waals surface area contributed by atoms with Crippen LogP contribution in [-0.2, 0) is 16.1 Å². The predicted octanol–water partition coefficient (Wildman–Crippen LogP) is 7.04. The Morgan fingerprint density at radius 1 is 1.00 bits per heavy atom. The molecule has 3 aromatic rings. The summed E-state index contributed by atoms with van der Waals surface area (Å²) in [5.41, 5.74) is 1.05. The van der Waals surface area contributed by atoms with Crippen molar-refractivity contribution >= 4 is 75.4 Å². The molecule has 3 aromatic carbocycles. The fourth-order valence-corrected chi connectivity index (χ4v) is 4.73. The van der Waals surface area contributed by atoms with Gasteiger partial charge in [-0.05, 0) is 59.8 Å². The van der Waals surface area contributed by atoms with E-state index in [2.05, 4.69) is 5.32 Å². The molecule has 1 heterocycles. The number of benzene rings is 3. The molecule has 0 atom stereocenters. The molecular formula is C25H16Cl3FN2O4S. The van der Waals surface area contributed by atoms with Gasteiger partial charge >= 0.3 is 0 Å². The molecule has 3 amide bonds. The van der Waals surface area contributed by atoms with E-state index in [0.29, 0.717) is 16.3 Å². The van der Waals surface area contributed by atoms with Crippen LogP contribution in [-0.4, -0.2) is 28.6 Å². The number of nitrogens with one attached hydrogen (secondary N) is 1. The molecule has 0 radical (unpaired) electrons. The van der Waals surface area contributed by atoms with Gasteiger partial charge in [0.1, 0.15) is 11.6 Å². The molecule has 6 nitrogen and oxygen atoms in total. The summed E-state index contributed by atoms with van der Waals surface area (Å²) < 4.78 is 19.6. The van der Waals surface area contributed by atoms with E-state index in [9.17, 15) is 18.8 Å². The first-order chi connectivity index (χ1) is 17.2. The van der Waals surface area contributed by atoms with E-state index in [1.165, 1.54) is 30.3 Å². The standard InChI is InChI=1S/C25H16Cl3FN2O4S/c26-16-5-3-6-19(29)15(16)12-31-24(33)22(36-25(31)34)11-14-8-9-21(18(28)10-14)35-13-23(32)30-20-7-2-1-4-17(20)27/h1-11H,12-13H2,(H,30,32)/b22-11-. The maximum Gasteiger partial charge on any atom is 0.293 e. The number of hydrogen-bond donors (Lipinski definition) is 1. The van der Waals surface area contributed by atoms with Crippen LogP contribution in [0.25, 0.3) is 6.08 Å². The predicted molar refractivity (Wildman–Crippen MR) is 140 cm³/mol. The fourth-order valence-electron chi connectivity index (χ4n) is 3.25. The molecule has 0 unspecified atom stereocenters. The number of imide groups is 1. The maximum absolute atomic E-state index is 14.1. The van der Waals surface area contributed by atoms with Crippen LogP contribution in [0, 0.1) is 5.82 Å². The highest BCUT2D eigenvalue weighted by molar-refractivity contribution is 8.18. The van der Waals surface area contributed by atoms with E-state index in [1.54, 1.807) is 36.4 Å². The third-order valence-corrected chi connectivity index (χ3v) is 6.90. The Morgan fingerprint density at radius 3 is 2.47 bits per heavy atom. The smallest absolute Gasteiger partial charge is 0.293 e. The first-order valence-corrected chi connectivity index (χ1v) is 12.3. The lowest BCUT2D eigenvalue weighted by atomic mass is 10.2. The monoisotopic (exact) mass is 564 g/mol. The second kappa shape index (κ2) is 11.3. The van der Waals surface area contributed by atoms with Crippen LogP contribution >= 0.6 is 46.6 Å². The summed E-state index contributed by atoms with van der Waals surface area (Å²) in [5, 5.41) is 2.82. The molecule has 1 saturated heterocycles. The zero-order chi connectivity index (χ0) is 25.8. The molecule has 1 aliphatic heterocycles. The minimum atomic E-state index is -0.603. The van der Waals surface area contributed by atoms with E-state index in [4.69, 9.17) is 39.5 Å². The Kier molecular flexibility index (Phi) is 8.21. The molecule has 36 heavy (non-hydrogen) atoms. The minimum absolute atomic E-state index is 0.0610. The lowest BCUT2D eigenvalue weighted by Gasteiger charge is -2.14. The van der Waals surface area contributed by atoms with Crippen LogP contribution in [0.2, 0.25) is 15.1 Å². The number of para-hydroxylation sites is 1. The molecule has 0 aromatic heterocycles. The van der Waals surface area contributed by atoms with Crippen molar-refractivity contribution in [2.75, 3.05) is 11.9 Å². The molecule has 4 rings (SSSR count). The first kappa shape index (κ1) is 26.0. The molecule has 1 N–H and O–H groups in total. The molecule has 0 saturated carbocycles. The number of hydrogen-bond acceptors (Lipinski definition) is 5. The topological polar surface area (TPSA) is 75.7 Å². The number of amides is 3. The highest BCUT2D eigenvalue weighted by Crippen LogP contribution is 2.35. The number of carbonyl (C=O) groups excluding carboxylic acids is 3. The Balaban J connectivity index is 1.41. The van der Waals surface area contributed by atoms with E-state index in [-0.39, 0.29) is 39.4 Å². The Bertz CT molecular complexity index is 1380. The highest BCUT2D eigenvalue weighted by Gasteiger charge is 2.36. The average molecular weight is 566 g/mol. The van der Waals surface area contributed by atoms with E-state index in [0.717, 1.165) is 16.7 Å². The van der Waals surface area contributed by atoms with Gasteiger partial charge in [-0.1, -0.05) is 59.1 Å². The molecule has 1 fully saturated rings. The SMILES string of the molecule is O=C(COc1ccc(/C=C2\SC(=O)N(Cc3c(F)cccc3Cl)C2=O)cc1Cl)Nc1ccccc1Cl. The van der Waals surface area contributed by atoms with E-state index in [1.807, 2.05) is 0 Å². The zero-order valence-electron chi connectivity index (χ0n) is 18.3. The lowest BCUT2D eigenvalue weighted by molar-refractivity contribution is -0.123. The second-order valence-corrected chi connectivity index (χ2v) is 9.69. The van der Waals surface area contributed by atoms with Gasteiger partial charge in [0.2, 0.25) is 0 Å². The van der Waals surface area contributed by atoms with Crippen molar-refractivity contribution in [2.45, 2.75) is 6.54 Å². The van der Waals surface area contributed by atoms with E-state index >= 15 is 0 Å². The molecule has 1 aliphatic rings. The Hall–Kier alpha value is -3.04. The Labute approximate surface area is 225 Å². The van der Waals surface area contributed by atoms with Crippen molar-refractivity contribution < 1.29 is 23.5 Å². The third kappa shape index (κ3) is 6.02. The van der Waals surface area contributed by atoms with Gasteiger partial charge in [-0.2, -0.15) is 0 Å². The third-order valence-electron chi connectivity index (χ3n) is 5.01. The number of rotatable bonds is 7. The van der Waals surface area contributed by atoms with Gasteiger partial charge in [0, 0.05) is 10.6 Å². The van der Waals surface area contributed by atoms with Crippen LogP contribution in [0.15, 0.2) is 65.6 Å². The van der Waals surface area contributed by atoms with Gasteiger partial charge in [-0.3, -0.25) is 19.3 Å². The molecule has 184 valence electrons. The van der Waals surface area contributed by atoms with Gasteiger partial charge < -0.3 is 10.1 Å². The average Bonchev–Trinajstić information content (AvgIpc) is 3.09. The summed E-state index contributed by atoms with van der Waals surface area (Å²) in [6, 6.07) is 15.6. The van der Waals surface area contributed by atoms with Crippen molar-refractivity contribution in [3.05, 3.63) is 97.6 Å². The quantitative estimate of drug-likeness (QED) is 0.311. The molecule has 0 bridgehead atoms. The molecule has 0 aliphatic carbocycles. The Morgan fingerprint density at radius 2 is 1.75 bits per heavy atom. The van der Waals surface area contributed by atoms with Crippen LogP contribution in [0.5, 0.6) is 5.75 Å². The van der Waals surface area contributed by atoms with Crippen LogP contribution < -0.4 is 10.1 Å². The van der Waals surface area contributed by atoms with Crippen LogP contribution in [0.1, 0.15) is 11.1 Å². The van der Waals surface area contributed by atoms with Crippen LogP contribution in [0.4, 0.5) is 14.9 Å². The maximum atomic E-state index is 14.1. The highest BCUT2D eigenvalue weighted by atomic mass is 35.5. The summed E-state index contributed by atoms with van der Waals surface area (Å²) in [6.45, 7) is -0.584. The summed E-state index contributed by atoms with van der Waals surface area (Å²) in [5.74, 6) is -1.34. The van der Waals surface area contributed by atoms with Crippen molar-refractivity contribution in [1.29, 1.82) is 0 Å². The summed E-state index contributed by atoms with van der Waals surface area (Å²) in [4.78, 5) is 38.4. The zero-order valence-corrected chi connectivity index (χ0v) is 21.3. The van der Waals surface area contributed by atoms with Gasteiger partial charge in [0.25, 0.3) is 17.1 Å². The normalized spacial score (nSPS) is 14.4. The number of thioether (sulfide) groups is 1. The van der Waals surface area contributed by atoms with Crippen LogP contribution in [0.3, 0.4) is 0 Å². The number of ether oxygens (including phenoxy) is 1.